The first kappa shape index (κ1) is 15.3. The van der Waals surface area contributed by atoms with E-state index in [0.717, 1.165) is 30.8 Å². The Morgan fingerprint density at radius 1 is 1.35 bits per heavy atom. The summed E-state index contributed by atoms with van der Waals surface area (Å²) >= 11 is 0. The second kappa shape index (κ2) is 6.64. The standard InChI is InChI=1S/C17H20N4O2/c1-18-15-10-12(7-8-19-15)14-4-3-9-21(14)17(22)13-5-6-16(23-2)20-11-13/h5-8,10-11,14H,3-4,9H2,1-2H3,(H,18,19)/t14-/m1/s1. The van der Waals surface area contributed by atoms with Gasteiger partial charge >= 0.3 is 0 Å². The fraction of sp³-hybridized carbons (Fsp3) is 0.353. The van der Waals surface area contributed by atoms with Gasteiger partial charge in [0.05, 0.1) is 18.7 Å². The van der Waals surface area contributed by atoms with Crippen LogP contribution in [0.25, 0.3) is 0 Å². The summed E-state index contributed by atoms with van der Waals surface area (Å²) in [7, 11) is 3.40. The number of carbonyl (C=O) groups is 1. The molecule has 1 fully saturated rings. The molecule has 0 bridgehead atoms. The van der Waals surface area contributed by atoms with Gasteiger partial charge in [-0.3, -0.25) is 4.79 Å². The van der Waals surface area contributed by atoms with Crippen LogP contribution in [0, 0.1) is 0 Å². The maximum Gasteiger partial charge on any atom is 0.255 e. The molecule has 1 aliphatic rings. The van der Waals surface area contributed by atoms with Gasteiger partial charge in [-0.05, 0) is 36.6 Å². The number of pyridine rings is 2. The fourth-order valence-electron chi connectivity index (χ4n) is 2.94. The molecule has 0 saturated carbocycles. The molecule has 1 aliphatic heterocycles. The number of hydrogen-bond donors (Lipinski definition) is 1. The van der Waals surface area contributed by atoms with E-state index in [2.05, 4.69) is 15.3 Å². The van der Waals surface area contributed by atoms with E-state index in [1.54, 1.807) is 31.6 Å². The number of nitrogens with one attached hydrogen (secondary N) is 1. The highest BCUT2D eigenvalue weighted by molar-refractivity contribution is 5.94. The topological polar surface area (TPSA) is 67.4 Å². The van der Waals surface area contributed by atoms with Crippen LogP contribution in [0.5, 0.6) is 5.88 Å². The van der Waals surface area contributed by atoms with Crippen LogP contribution in [0.15, 0.2) is 36.7 Å². The molecule has 6 heteroatoms. The summed E-state index contributed by atoms with van der Waals surface area (Å²) < 4.78 is 5.04. The maximum absolute atomic E-state index is 12.8. The predicted octanol–water partition coefficient (Wildman–Crippen LogP) is 2.50. The average Bonchev–Trinajstić information content (AvgIpc) is 3.11. The molecule has 0 aliphatic carbocycles. The van der Waals surface area contributed by atoms with Crippen LogP contribution in [0.2, 0.25) is 0 Å². The SMILES string of the molecule is CNc1cc([C@H]2CCCN2C(=O)c2ccc(OC)nc2)ccn1. The van der Waals surface area contributed by atoms with Crippen molar-refractivity contribution in [3.8, 4) is 5.88 Å². The molecule has 2 aromatic rings. The molecule has 1 amide bonds. The Bertz CT molecular complexity index is 687. The molecule has 6 nitrogen and oxygen atoms in total. The Morgan fingerprint density at radius 2 is 2.22 bits per heavy atom. The second-order valence-electron chi connectivity index (χ2n) is 5.47. The first-order chi connectivity index (χ1) is 11.2. The highest BCUT2D eigenvalue weighted by Crippen LogP contribution is 2.33. The Kier molecular flexibility index (Phi) is 4.41. The molecule has 0 spiro atoms. The fourth-order valence-corrected chi connectivity index (χ4v) is 2.94. The summed E-state index contributed by atoms with van der Waals surface area (Å²) in [5.41, 5.74) is 1.69. The third-order valence-corrected chi connectivity index (χ3v) is 4.13. The van der Waals surface area contributed by atoms with E-state index in [-0.39, 0.29) is 11.9 Å². The van der Waals surface area contributed by atoms with Crippen LogP contribution in [-0.4, -0.2) is 41.5 Å². The van der Waals surface area contributed by atoms with E-state index in [1.165, 1.54) is 0 Å². The summed E-state index contributed by atoms with van der Waals surface area (Å²) in [4.78, 5) is 23.1. The Morgan fingerprint density at radius 3 is 2.91 bits per heavy atom. The number of aromatic nitrogens is 2. The number of ether oxygens (including phenoxy) is 1. The summed E-state index contributed by atoms with van der Waals surface area (Å²) in [5, 5.41) is 3.04. The van der Waals surface area contributed by atoms with Crippen LogP contribution < -0.4 is 10.1 Å². The van der Waals surface area contributed by atoms with E-state index in [4.69, 9.17) is 4.74 Å². The first-order valence-electron chi connectivity index (χ1n) is 7.67. The highest BCUT2D eigenvalue weighted by atomic mass is 16.5. The lowest BCUT2D eigenvalue weighted by Crippen LogP contribution is -2.30. The van der Waals surface area contributed by atoms with Crippen LogP contribution in [0.3, 0.4) is 0 Å². The van der Waals surface area contributed by atoms with Crippen molar-refractivity contribution in [3.63, 3.8) is 0 Å². The van der Waals surface area contributed by atoms with E-state index < -0.39 is 0 Å². The molecule has 120 valence electrons. The molecule has 23 heavy (non-hydrogen) atoms. The minimum absolute atomic E-state index is 0.00507. The largest absolute Gasteiger partial charge is 0.481 e. The minimum atomic E-state index is 0.00507. The number of nitrogens with zero attached hydrogens (tertiary/aromatic N) is 3. The van der Waals surface area contributed by atoms with Crippen molar-refractivity contribution in [2.75, 3.05) is 26.0 Å². The van der Waals surface area contributed by atoms with E-state index in [1.807, 2.05) is 24.1 Å². The number of rotatable bonds is 4. The van der Waals surface area contributed by atoms with Crippen molar-refractivity contribution < 1.29 is 9.53 Å². The van der Waals surface area contributed by atoms with Gasteiger partial charge in [0.2, 0.25) is 5.88 Å². The highest BCUT2D eigenvalue weighted by Gasteiger charge is 2.30. The van der Waals surface area contributed by atoms with E-state index >= 15 is 0 Å². The van der Waals surface area contributed by atoms with Crippen molar-refractivity contribution >= 4 is 11.7 Å². The lowest BCUT2D eigenvalue weighted by molar-refractivity contribution is 0.0735. The lowest BCUT2D eigenvalue weighted by Gasteiger charge is -2.25. The summed E-state index contributed by atoms with van der Waals surface area (Å²) in [6.07, 6.45) is 5.30. The van der Waals surface area contributed by atoms with Crippen LogP contribution in [0.4, 0.5) is 5.82 Å². The zero-order chi connectivity index (χ0) is 16.2. The van der Waals surface area contributed by atoms with E-state index in [9.17, 15) is 4.79 Å². The average molecular weight is 312 g/mol. The molecule has 1 atom stereocenters. The van der Waals surface area contributed by atoms with Gasteiger partial charge in [0.1, 0.15) is 5.82 Å². The third-order valence-electron chi connectivity index (χ3n) is 4.13. The zero-order valence-electron chi connectivity index (χ0n) is 13.3. The first-order valence-corrected chi connectivity index (χ1v) is 7.67. The van der Waals surface area contributed by atoms with Gasteiger partial charge in [-0.15, -0.1) is 0 Å². The number of amides is 1. The Balaban J connectivity index is 1.83. The molecule has 0 unspecified atom stereocenters. The Labute approximate surface area is 135 Å². The van der Waals surface area contributed by atoms with Crippen LogP contribution in [0.1, 0.15) is 34.8 Å². The summed E-state index contributed by atoms with van der Waals surface area (Å²) in [6.45, 7) is 0.757. The normalized spacial score (nSPS) is 17.1. The molecular weight excluding hydrogens is 292 g/mol. The van der Waals surface area contributed by atoms with Gasteiger partial charge in [-0.25, -0.2) is 9.97 Å². The Hall–Kier alpha value is -2.63. The lowest BCUT2D eigenvalue weighted by atomic mass is 10.1. The minimum Gasteiger partial charge on any atom is -0.481 e. The van der Waals surface area contributed by atoms with E-state index in [0.29, 0.717) is 11.4 Å². The van der Waals surface area contributed by atoms with Crippen molar-refractivity contribution in [2.24, 2.45) is 0 Å². The quantitative estimate of drug-likeness (QED) is 0.939. The second-order valence-corrected chi connectivity index (χ2v) is 5.47. The summed E-state index contributed by atoms with van der Waals surface area (Å²) in [6, 6.07) is 7.53. The zero-order valence-corrected chi connectivity index (χ0v) is 13.3. The van der Waals surface area contributed by atoms with Gasteiger partial charge < -0.3 is 15.0 Å². The number of methoxy groups -OCH3 is 1. The number of anilines is 1. The summed E-state index contributed by atoms with van der Waals surface area (Å²) in [5.74, 6) is 1.32. The number of likely N-dealkylation sites (tertiary alicyclic amines) is 1. The molecular formula is C17H20N4O2. The number of hydrogen-bond acceptors (Lipinski definition) is 5. The molecule has 3 heterocycles. The van der Waals surface area contributed by atoms with Gasteiger partial charge in [-0.2, -0.15) is 0 Å². The molecule has 1 saturated heterocycles. The van der Waals surface area contributed by atoms with Crippen molar-refractivity contribution in [2.45, 2.75) is 18.9 Å². The molecule has 1 N–H and O–H groups in total. The predicted molar refractivity (Wildman–Crippen MR) is 87.6 cm³/mol. The smallest absolute Gasteiger partial charge is 0.255 e. The number of carbonyl (C=O) groups excluding carboxylic acids is 1. The molecule has 0 aromatic carbocycles. The van der Waals surface area contributed by atoms with Crippen LogP contribution in [-0.2, 0) is 0 Å². The van der Waals surface area contributed by atoms with Crippen molar-refractivity contribution in [3.05, 3.63) is 47.8 Å². The third kappa shape index (κ3) is 3.11. The molecule has 2 aromatic heterocycles. The van der Waals surface area contributed by atoms with Gasteiger partial charge in [0.15, 0.2) is 0 Å². The van der Waals surface area contributed by atoms with Crippen LogP contribution >= 0.6 is 0 Å². The molecule has 3 rings (SSSR count). The van der Waals surface area contributed by atoms with Gasteiger partial charge in [0, 0.05) is 32.1 Å². The van der Waals surface area contributed by atoms with Gasteiger partial charge in [0.25, 0.3) is 5.91 Å². The van der Waals surface area contributed by atoms with Crippen molar-refractivity contribution in [1.29, 1.82) is 0 Å². The van der Waals surface area contributed by atoms with Crippen molar-refractivity contribution in [1.82, 2.24) is 14.9 Å². The molecule has 0 radical (unpaired) electrons. The maximum atomic E-state index is 12.8. The monoisotopic (exact) mass is 312 g/mol. The van der Waals surface area contributed by atoms with Gasteiger partial charge in [-0.1, -0.05) is 0 Å².